The third-order valence-corrected chi connectivity index (χ3v) is 6.42. The Kier molecular flexibility index (Phi) is 7.10. The highest BCUT2D eigenvalue weighted by Crippen LogP contribution is 2.42. The maximum atomic E-state index is 13.8. The number of hydrogen-bond donors (Lipinski definition) is 0. The van der Waals surface area contributed by atoms with Crippen molar-refractivity contribution in [3.8, 4) is 11.5 Å². The molecule has 1 unspecified atom stereocenters. The van der Waals surface area contributed by atoms with Gasteiger partial charge in [0.1, 0.15) is 5.58 Å². The van der Waals surface area contributed by atoms with Gasteiger partial charge in [-0.05, 0) is 55.3 Å². The first kappa shape index (κ1) is 24.8. The van der Waals surface area contributed by atoms with Gasteiger partial charge in [0.15, 0.2) is 16.9 Å². The van der Waals surface area contributed by atoms with Crippen molar-refractivity contribution < 1.29 is 18.7 Å². The van der Waals surface area contributed by atoms with Crippen molar-refractivity contribution in [2.75, 3.05) is 18.1 Å². The summed E-state index contributed by atoms with van der Waals surface area (Å²) >= 11 is 6.17. The molecule has 37 heavy (non-hydrogen) atoms. The van der Waals surface area contributed by atoms with Crippen LogP contribution in [0.4, 0.5) is 5.95 Å². The topological polar surface area (TPSA) is 94.8 Å². The van der Waals surface area contributed by atoms with E-state index in [1.54, 1.807) is 48.8 Å². The molecular formula is C28H26ClN3O5. The van der Waals surface area contributed by atoms with Crippen LogP contribution in [0.2, 0.25) is 5.02 Å². The van der Waals surface area contributed by atoms with Crippen molar-refractivity contribution in [1.82, 2.24) is 9.97 Å². The lowest BCUT2D eigenvalue weighted by Gasteiger charge is -2.24. The van der Waals surface area contributed by atoms with Gasteiger partial charge in [-0.15, -0.1) is 0 Å². The van der Waals surface area contributed by atoms with Crippen LogP contribution in [0.1, 0.15) is 60.8 Å². The molecule has 0 N–H and O–H groups in total. The molecule has 5 rings (SSSR count). The summed E-state index contributed by atoms with van der Waals surface area (Å²) in [7, 11) is 0. The first-order valence-electron chi connectivity index (χ1n) is 12.3. The predicted octanol–water partition coefficient (Wildman–Crippen LogP) is 5.95. The number of aromatic nitrogens is 2. The summed E-state index contributed by atoms with van der Waals surface area (Å²) in [5.41, 5.74) is 0.777. The number of fused-ring (bicyclic) bond motifs is 2. The summed E-state index contributed by atoms with van der Waals surface area (Å²) in [4.78, 5) is 37.4. The Morgan fingerprint density at radius 1 is 1.00 bits per heavy atom. The second-order valence-electron chi connectivity index (χ2n) is 8.64. The number of ether oxygens (including phenoxy) is 2. The van der Waals surface area contributed by atoms with Gasteiger partial charge in [-0.1, -0.05) is 37.4 Å². The fourth-order valence-corrected chi connectivity index (χ4v) is 4.67. The molecule has 0 spiro atoms. The van der Waals surface area contributed by atoms with E-state index in [-0.39, 0.29) is 28.3 Å². The van der Waals surface area contributed by atoms with Gasteiger partial charge in [-0.3, -0.25) is 14.5 Å². The Morgan fingerprint density at radius 2 is 1.81 bits per heavy atom. The Balaban J connectivity index is 1.67. The van der Waals surface area contributed by atoms with Crippen molar-refractivity contribution in [3.05, 3.63) is 87.0 Å². The van der Waals surface area contributed by atoms with Gasteiger partial charge in [0.2, 0.25) is 11.7 Å². The van der Waals surface area contributed by atoms with E-state index in [1.165, 1.54) is 4.90 Å². The third kappa shape index (κ3) is 4.64. The Morgan fingerprint density at radius 3 is 2.57 bits per heavy atom. The van der Waals surface area contributed by atoms with E-state index in [9.17, 15) is 9.59 Å². The smallest absolute Gasteiger partial charge is 0.297 e. The number of amides is 1. The van der Waals surface area contributed by atoms with Crippen LogP contribution in [0.15, 0.2) is 64.1 Å². The predicted molar refractivity (Wildman–Crippen MR) is 141 cm³/mol. The maximum Gasteiger partial charge on any atom is 0.297 e. The van der Waals surface area contributed by atoms with E-state index in [1.807, 2.05) is 13.0 Å². The van der Waals surface area contributed by atoms with E-state index in [4.69, 9.17) is 25.5 Å². The Bertz CT molecular complexity index is 1510. The van der Waals surface area contributed by atoms with E-state index < -0.39 is 11.9 Å². The molecule has 0 fully saturated rings. The van der Waals surface area contributed by atoms with Crippen LogP contribution < -0.4 is 19.8 Å². The lowest BCUT2D eigenvalue weighted by atomic mass is 9.98. The number of carbonyl (C=O) groups is 1. The van der Waals surface area contributed by atoms with Gasteiger partial charge in [-0.25, -0.2) is 9.97 Å². The second-order valence-corrected chi connectivity index (χ2v) is 9.07. The van der Waals surface area contributed by atoms with Gasteiger partial charge in [0, 0.05) is 17.4 Å². The highest BCUT2D eigenvalue weighted by Gasteiger charge is 2.45. The average molecular weight is 520 g/mol. The number of hydrogen-bond acceptors (Lipinski definition) is 7. The number of rotatable bonds is 9. The van der Waals surface area contributed by atoms with Crippen LogP contribution in [-0.2, 0) is 0 Å². The minimum absolute atomic E-state index is 0.0462. The van der Waals surface area contributed by atoms with Gasteiger partial charge in [0.05, 0.1) is 30.2 Å². The summed E-state index contributed by atoms with van der Waals surface area (Å²) in [5.74, 6) is 0.738. The molecule has 3 heterocycles. The zero-order chi connectivity index (χ0) is 25.9. The molecule has 4 aromatic rings. The highest BCUT2D eigenvalue weighted by molar-refractivity contribution is 6.31. The zero-order valence-electron chi connectivity index (χ0n) is 20.6. The molecule has 1 atom stereocenters. The summed E-state index contributed by atoms with van der Waals surface area (Å²) in [6, 6.07) is 11.0. The summed E-state index contributed by atoms with van der Waals surface area (Å²) < 4.78 is 17.8. The van der Waals surface area contributed by atoms with Gasteiger partial charge >= 0.3 is 0 Å². The van der Waals surface area contributed by atoms with Gasteiger partial charge in [0.25, 0.3) is 5.91 Å². The summed E-state index contributed by atoms with van der Waals surface area (Å²) in [6.45, 7) is 5.01. The first-order valence-corrected chi connectivity index (χ1v) is 12.7. The van der Waals surface area contributed by atoms with Crippen LogP contribution in [0.25, 0.3) is 11.0 Å². The fraction of sp³-hybridized carbons (Fsp3) is 0.286. The number of halogens is 1. The molecule has 2 aromatic carbocycles. The molecular weight excluding hydrogens is 494 g/mol. The molecule has 0 saturated heterocycles. The van der Waals surface area contributed by atoms with Crippen molar-refractivity contribution in [2.45, 2.75) is 39.2 Å². The number of benzene rings is 2. The molecule has 8 nitrogen and oxygen atoms in total. The molecule has 1 amide bonds. The molecule has 1 aliphatic heterocycles. The molecule has 9 heteroatoms. The van der Waals surface area contributed by atoms with Crippen LogP contribution >= 0.6 is 11.6 Å². The molecule has 2 aromatic heterocycles. The number of carbonyl (C=O) groups excluding carboxylic acids is 1. The van der Waals surface area contributed by atoms with Crippen LogP contribution in [0.5, 0.6) is 11.5 Å². The van der Waals surface area contributed by atoms with Gasteiger partial charge in [-0.2, -0.15) is 0 Å². The minimum Gasteiger partial charge on any atom is -0.490 e. The van der Waals surface area contributed by atoms with Crippen molar-refractivity contribution in [3.63, 3.8) is 0 Å². The normalized spacial score (nSPS) is 14.7. The Labute approximate surface area is 218 Å². The van der Waals surface area contributed by atoms with E-state index >= 15 is 0 Å². The van der Waals surface area contributed by atoms with Crippen molar-refractivity contribution in [1.29, 1.82) is 0 Å². The van der Waals surface area contributed by atoms with Crippen LogP contribution in [0, 0.1) is 0 Å². The van der Waals surface area contributed by atoms with Gasteiger partial charge < -0.3 is 13.9 Å². The molecule has 190 valence electrons. The molecule has 0 bridgehead atoms. The van der Waals surface area contributed by atoms with E-state index in [2.05, 4.69) is 16.9 Å². The lowest BCUT2D eigenvalue weighted by molar-refractivity contribution is 0.0969. The monoisotopic (exact) mass is 519 g/mol. The number of unbranched alkanes of at least 4 members (excludes halogenated alkanes) is 2. The molecule has 1 aliphatic rings. The number of nitrogens with zero attached hydrogens (tertiary/aromatic N) is 3. The summed E-state index contributed by atoms with van der Waals surface area (Å²) in [6.07, 6.45) is 6.18. The van der Waals surface area contributed by atoms with Crippen LogP contribution in [0.3, 0.4) is 0 Å². The molecule has 0 saturated carbocycles. The van der Waals surface area contributed by atoms with E-state index in [0.29, 0.717) is 40.7 Å². The minimum atomic E-state index is -0.835. The summed E-state index contributed by atoms with van der Waals surface area (Å²) in [5, 5.41) is 0.688. The molecule has 0 aliphatic carbocycles. The highest BCUT2D eigenvalue weighted by atomic mass is 35.5. The van der Waals surface area contributed by atoms with Crippen molar-refractivity contribution >= 4 is 34.4 Å². The quantitative estimate of drug-likeness (QED) is 0.252. The zero-order valence-corrected chi connectivity index (χ0v) is 21.3. The van der Waals surface area contributed by atoms with E-state index in [0.717, 1.165) is 19.3 Å². The standard InChI is InChI=1S/C28H26ClN3O5/c1-3-5-6-14-36-21-10-8-17(15-22(21)35-4-2)24-23-25(33)19-16-18(29)9-11-20(19)37-26(23)27(34)32(24)28-30-12-7-13-31-28/h7-13,15-16,24H,3-6,14H2,1-2H3. The SMILES string of the molecule is CCCCCOc1ccc(C2c3c(oc4ccc(Cl)cc4c3=O)C(=O)N2c2ncccn2)cc1OCC. The molecule has 0 radical (unpaired) electrons. The first-order chi connectivity index (χ1) is 18.0. The third-order valence-electron chi connectivity index (χ3n) is 6.19. The van der Waals surface area contributed by atoms with Crippen LogP contribution in [-0.4, -0.2) is 29.1 Å². The largest absolute Gasteiger partial charge is 0.490 e. The second kappa shape index (κ2) is 10.6. The number of anilines is 1. The average Bonchev–Trinajstić information content (AvgIpc) is 3.21. The fourth-order valence-electron chi connectivity index (χ4n) is 4.50. The maximum absolute atomic E-state index is 13.8. The van der Waals surface area contributed by atoms with Crippen molar-refractivity contribution in [2.24, 2.45) is 0 Å². The Hall–Kier alpha value is -3.91. The lowest BCUT2D eigenvalue weighted by Crippen LogP contribution is -2.31.